The standard InChI is InChI=1S/C16H18O2/c1-2-14-8-10-16(11-9-14)18-13-12-17-15-6-4-3-5-7-15/h3-11H,2,12-13H2,1H3. The molecule has 2 nitrogen and oxygen atoms in total. The number of hydrogen-bond donors (Lipinski definition) is 0. The second kappa shape index (κ2) is 6.70. The van der Waals surface area contributed by atoms with E-state index in [9.17, 15) is 0 Å². The zero-order valence-corrected chi connectivity index (χ0v) is 10.6. The molecule has 0 aromatic heterocycles. The summed E-state index contributed by atoms with van der Waals surface area (Å²) in [6.07, 6.45) is 1.05. The topological polar surface area (TPSA) is 18.5 Å². The molecule has 0 aliphatic carbocycles. The van der Waals surface area contributed by atoms with E-state index < -0.39 is 0 Å². The molecule has 94 valence electrons. The van der Waals surface area contributed by atoms with E-state index in [0.29, 0.717) is 13.2 Å². The van der Waals surface area contributed by atoms with E-state index in [1.165, 1.54) is 5.56 Å². The summed E-state index contributed by atoms with van der Waals surface area (Å²) in [6, 6.07) is 18.0. The number of benzene rings is 2. The molecule has 0 fully saturated rings. The Kier molecular flexibility index (Phi) is 4.65. The summed E-state index contributed by atoms with van der Waals surface area (Å²) in [6.45, 7) is 3.25. The Bertz CT molecular complexity index is 448. The molecular weight excluding hydrogens is 224 g/mol. The SMILES string of the molecule is CCc1ccc(OCCOc2ccccc2)cc1. The first-order valence-electron chi connectivity index (χ1n) is 6.28. The first-order chi connectivity index (χ1) is 8.88. The Morgan fingerprint density at radius 1 is 0.722 bits per heavy atom. The fourth-order valence-electron chi connectivity index (χ4n) is 1.66. The predicted molar refractivity (Wildman–Crippen MR) is 73.3 cm³/mol. The number of hydrogen-bond acceptors (Lipinski definition) is 2. The van der Waals surface area contributed by atoms with Crippen molar-refractivity contribution in [2.24, 2.45) is 0 Å². The van der Waals surface area contributed by atoms with Crippen LogP contribution in [-0.2, 0) is 6.42 Å². The van der Waals surface area contributed by atoms with Crippen molar-refractivity contribution >= 4 is 0 Å². The highest BCUT2D eigenvalue weighted by molar-refractivity contribution is 5.27. The van der Waals surface area contributed by atoms with Gasteiger partial charge >= 0.3 is 0 Å². The molecule has 0 spiro atoms. The summed E-state index contributed by atoms with van der Waals surface area (Å²) in [5, 5.41) is 0. The Morgan fingerprint density at radius 2 is 1.28 bits per heavy atom. The third kappa shape index (κ3) is 3.81. The second-order valence-electron chi connectivity index (χ2n) is 4.01. The van der Waals surface area contributed by atoms with Gasteiger partial charge in [0.1, 0.15) is 24.7 Å². The molecule has 0 aliphatic heterocycles. The highest BCUT2D eigenvalue weighted by Crippen LogP contribution is 2.13. The van der Waals surface area contributed by atoms with Crippen molar-refractivity contribution in [3.8, 4) is 11.5 Å². The highest BCUT2D eigenvalue weighted by atomic mass is 16.5. The van der Waals surface area contributed by atoms with Gasteiger partial charge in [0.25, 0.3) is 0 Å². The van der Waals surface area contributed by atoms with Crippen LogP contribution < -0.4 is 9.47 Å². The molecule has 0 bridgehead atoms. The van der Waals surface area contributed by atoms with E-state index in [1.807, 2.05) is 42.5 Å². The van der Waals surface area contributed by atoms with Crippen LogP contribution in [0, 0.1) is 0 Å². The van der Waals surface area contributed by atoms with E-state index in [0.717, 1.165) is 17.9 Å². The molecule has 0 unspecified atom stereocenters. The number of para-hydroxylation sites is 1. The van der Waals surface area contributed by atoms with Crippen LogP contribution in [0.1, 0.15) is 12.5 Å². The first-order valence-corrected chi connectivity index (χ1v) is 6.28. The molecule has 2 aromatic rings. The minimum absolute atomic E-state index is 0.555. The molecule has 0 heterocycles. The summed E-state index contributed by atoms with van der Waals surface area (Å²) >= 11 is 0. The number of rotatable bonds is 6. The molecular formula is C16H18O2. The van der Waals surface area contributed by atoms with Gasteiger partial charge in [0.05, 0.1) is 0 Å². The van der Waals surface area contributed by atoms with E-state index >= 15 is 0 Å². The summed E-state index contributed by atoms with van der Waals surface area (Å²) in [5.74, 6) is 1.77. The van der Waals surface area contributed by atoms with Crippen molar-refractivity contribution in [1.29, 1.82) is 0 Å². The maximum atomic E-state index is 5.60. The summed E-state index contributed by atoms with van der Waals surface area (Å²) in [4.78, 5) is 0. The number of ether oxygens (including phenoxy) is 2. The van der Waals surface area contributed by atoms with Crippen molar-refractivity contribution in [3.63, 3.8) is 0 Å². The molecule has 0 saturated carbocycles. The molecule has 0 N–H and O–H groups in total. The van der Waals surface area contributed by atoms with Crippen LogP contribution in [0.25, 0.3) is 0 Å². The van der Waals surface area contributed by atoms with Crippen molar-refractivity contribution < 1.29 is 9.47 Å². The van der Waals surface area contributed by atoms with E-state index in [1.54, 1.807) is 0 Å². The summed E-state index contributed by atoms with van der Waals surface area (Å²) in [5.41, 5.74) is 1.32. The molecule has 0 atom stereocenters. The quantitative estimate of drug-likeness (QED) is 0.719. The van der Waals surface area contributed by atoms with Gasteiger partial charge in [0.2, 0.25) is 0 Å². The second-order valence-corrected chi connectivity index (χ2v) is 4.01. The van der Waals surface area contributed by atoms with Gasteiger partial charge in [-0.25, -0.2) is 0 Å². The lowest BCUT2D eigenvalue weighted by Crippen LogP contribution is -2.08. The van der Waals surface area contributed by atoms with Crippen LogP contribution in [0.5, 0.6) is 11.5 Å². The maximum Gasteiger partial charge on any atom is 0.122 e. The van der Waals surface area contributed by atoms with Crippen LogP contribution in [0.4, 0.5) is 0 Å². The van der Waals surface area contributed by atoms with Crippen molar-refractivity contribution in [1.82, 2.24) is 0 Å². The van der Waals surface area contributed by atoms with Crippen molar-refractivity contribution in [2.45, 2.75) is 13.3 Å². The van der Waals surface area contributed by atoms with Crippen LogP contribution >= 0.6 is 0 Å². The predicted octanol–water partition coefficient (Wildman–Crippen LogP) is 3.71. The molecule has 2 heteroatoms. The lowest BCUT2D eigenvalue weighted by atomic mass is 10.2. The Balaban J connectivity index is 1.72. The average Bonchev–Trinajstić information content (AvgIpc) is 2.45. The van der Waals surface area contributed by atoms with Crippen molar-refractivity contribution in [2.75, 3.05) is 13.2 Å². The third-order valence-electron chi connectivity index (χ3n) is 2.70. The van der Waals surface area contributed by atoms with Gasteiger partial charge in [-0.1, -0.05) is 37.3 Å². The van der Waals surface area contributed by atoms with E-state index in [2.05, 4.69) is 19.1 Å². The zero-order chi connectivity index (χ0) is 12.6. The van der Waals surface area contributed by atoms with Gasteiger partial charge in [-0.3, -0.25) is 0 Å². The first kappa shape index (κ1) is 12.5. The van der Waals surface area contributed by atoms with Crippen LogP contribution in [0.2, 0.25) is 0 Å². The highest BCUT2D eigenvalue weighted by Gasteiger charge is 1.95. The molecule has 0 aliphatic rings. The fourth-order valence-corrected chi connectivity index (χ4v) is 1.66. The monoisotopic (exact) mass is 242 g/mol. The summed E-state index contributed by atoms with van der Waals surface area (Å²) in [7, 11) is 0. The van der Waals surface area contributed by atoms with Gasteiger partial charge in [-0.2, -0.15) is 0 Å². The minimum atomic E-state index is 0.555. The maximum absolute atomic E-state index is 5.60. The Labute approximate surface area is 108 Å². The average molecular weight is 242 g/mol. The van der Waals surface area contributed by atoms with Gasteiger partial charge in [0.15, 0.2) is 0 Å². The van der Waals surface area contributed by atoms with Gasteiger partial charge in [0, 0.05) is 0 Å². The summed E-state index contributed by atoms with van der Waals surface area (Å²) < 4.78 is 11.1. The third-order valence-corrected chi connectivity index (χ3v) is 2.70. The molecule has 18 heavy (non-hydrogen) atoms. The van der Waals surface area contributed by atoms with Gasteiger partial charge in [-0.05, 0) is 36.2 Å². The molecule has 0 saturated heterocycles. The lowest BCUT2D eigenvalue weighted by molar-refractivity contribution is 0.217. The van der Waals surface area contributed by atoms with E-state index in [4.69, 9.17) is 9.47 Å². The molecule has 2 rings (SSSR count). The minimum Gasteiger partial charge on any atom is -0.490 e. The largest absolute Gasteiger partial charge is 0.490 e. The Morgan fingerprint density at radius 3 is 1.83 bits per heavy atom. The molecule has 0 radical (unpaired) electrons. The molecule has 2 aromatic carbocycles. The van der Waals surface area contributed by atoms with Crippen LogP contribution in [-0.4, -0.2) is 13.2 Å². The van der Waals surface area contributed by atoms with Gasteiger partial charge in [-0.15, -0.1) is 0 Å². The van der Waals surface area contributed by atoms with E-state index in [-0.39, 0.29) is 0 Å². The number of aryl methyl sites for hydroxylation is 1. The smallest absolute Gasteiger partial charge is 0.122 e. The normalized spacial score (nSPS) is 10.1. The van der Waals surface area contributed by atoms with Crippen LogP contribution in [0.15, 0.2) is 54.6 Å². The van der Waals surface area contributed by atoms with Crippen molar-refractivity contribution in [3.05, 3.63) is 60.2 Å². The molecule has 0 amide bonds. The van der Waals surface area contributed by atoms with Gasteiger partial charge < -0.3 is 9.47 Å². The Hall–Kier alpha value is -1.96. The van der Waals surface area contributed by atoms with Crippen LogP contribution in [0.3, 0.4) is 0 Å². The lowest BCUT2D eigenvalue weighted by Gasteiger charge is -2.08. The fraction of sp³-hybridized carbons (Fsp3) is 0.250. The zero-order valence-electron chi connectivity index (χ0n) is 10.6.